The molecule has 1 N–H and O–H groups in total. The first-order valence-electron chi connectivity index (χ1n) is 10.8. The number of para-hydroxylation sites is 1. The minimum Gasteiger partial charge on any atom is -0.354 e. The van der Waals surface area contributed by atoms with Gasteiger partial charge in [0, 0.05) is 51.3 Å². The number of amides is 2. The number of carbonyl (C=O) groups excluding carboxylic acids is 2. The molecule has 2 heterocycles. The first-order valence-corrected chi connectivity index (χ1v) is 10.8. The van der Waals surface area contributed by atoms with E-state index in [-0.39, 0.29) is 11.8 Å². The average Bonchev–Trinajstić information content (AvgIpc) is 3.11. The number of nitrogens with one attached hydrogen (secondary N) is 1. The molecule has 0 saturated carbocycles. The van der Waals surface area contributed by atoms with Crippen molar-refractivity contribution in [2.45, 2.75) is 45.6 Å². The highest BCUT2D eigenvalue weighted by molar-refractivity contribution is 6.03. The van der Waals surface area contributed by atoms with E-state index >= 15 is 0 Å². The number of hydrogen-bond acceptors (Lipinski definition) is 4. The molecule has 6 heteroatoms. The van der Waals surface area contributed by atoms with E-state index in [1.165, 1.54) is 13.0 Å². The molecule has 0 spiro atoms. The second kappa shape index (κ2) is 10.0. The lowest BCUT2D eigenvalue weighted by molar-refractivity contribution is -0.126. The highest BCUT2D eigenvalue weighted by atomic mass is 16.2. The van der Waals surface area contributed by atoms with Gasteiger partial charge in [-0.25, -0.2) is 0 Å². The fraction of sp³-hybridized carbons (Fsp3) is 0.636. The summed E-state index contributed by atoms with van der Waals surface area (Å²) in [7, 11) is 0. The lowest BCUT2D eigenvalue weighted by Gasteiger charge is -2.34. The topological polar surface area (TPSA) is 55.9 Å². The van der Waals surface area contributed by atoms with Crippen LogP contribution in [0.5, 0.6) is 0 Å². The third kappa shape index (κ3) is 4.92. The predicted octanol–water partition coefficient (Wildman–Crippen LogP) is 1.89. The molecule has 1 fully saturated rings. The Morgan fingerprint density at radius 1 is 1.04 bits per heavy atom. The molecule has 3 rings (SSSR count). The van der Waals surface area contributed by atoms with E-state index in [2.05, 4.69) is 22.0 Å². The van der Waals surface area contributed by atoms with Gasteiger partial charge in [0.25, 0.3) is 0 Å². The van der Waals surface area contributed by atoms with Gasteiger partial charge >= 0.3 is 0 Å². The maximum atomic E-state index is 12.8. The van der Waals surface area contributed by atoms with Gasteiger partial charge in [0.15, 0.2) is 0 Å². The number of hydrogen-bond donors (Lipinski definition) is 1. The summed E-state index contributed by atoms with van der Waals surface area (Å²) >= 11 is 0. The van der Waals surface area contributed by atoms with E-state index in [0.717, 1.165) is 50.4 Å². The van der Waals surface area contributed by atoms with Gasteiger partial charge in [0.1, 0.15) is 6.04 Å². The molecule has 1 aromatic rings. The third-order valence-electron chi connectivity index (χ3n) is 5.80. The SMILES string of the molecule is CCCN1CCN(CCCNC(=O)[C@@H]2Cc3ccccc3N2C(=O)CC)CC1. The van der Waals surface area contributed by atoms with Crippen molar-refractivity contribution in [1.29, 1.82) is 0 Å². The monoisotopic (exact) mass is 386 g/mol. The van der Waals surface area contributed by atoms with Crippen LogP contribution in [0.2, 0.25) is 0 Å². The maximum Gasteiger partial charge on any atom is 0.243 e. The summed E-state index contributed by atoms with van der Waals surface area (Å²) < 4.78 is 0. The number of rotatable bonds is 8. The first-order chi connectivity index (χ1) is 13.6. The van der Waals surface area contributed by atoms with Crippen LogP contribution in [-0.4, -0.2) is 73.5 Å². The number of nitrogens with zero attached hydrogens (tertiary/aromatic N) is 3. The largest absolute Gasteiger partial charge is 0.354 e. The lowest BCUT2D eigenvalue weighted by atomic mass is 10.1. The van der Waals surface area contributed by atoms with Crippen molar-refractivity contribution in [3.63, 3.8) is 0 Å². The second-order valence-electron chi connectivity index (χ2n) is 7.79. The van der Waals surface area contributed by atoms with Crippen LogP contribution < -0.4 is 10.2 Å². The Kier molecular flexibility index (Phi) is 7.45. The molecule has 0 unspecified atom stereocenters. The Bertz CT molecular complexity index is 670. The van der Waals surface area contributed by atoms with Crippen molar-refractivity contribution < 1.29 is 9.59 Å². The maximum absolute atomic E-state index is 12.8. The van der Waals surface area contributed by atoms with E-state index in [0.29, 0.717) is 19.4 Å². The quantitative estimate of drug-likeness (QED) is 0.693. The number of fused-ring (bicyclic) bond motifs is 1. The van der Waals surface area contributed by atoms with E-state index in [4.69, 9.17) is 0 Å². The van der Waals surface area contributed by atoms with E-state index in [9.17, 15) is 9.59 Å². The molecule has 2 aliphatic heterocycles. The van der Waals surface area contributed by atoms with Gasteiger partial charge in [-0.1, -0.05) is 32.0 Å². The Labute approximate surface area is 168 Å². The number of anilines is 1. The van der Waals surface area contributed by atoms with Crippen LogP contribution in [0.3, 0.4) is 0 Å². The van der Waals surface area contributed by atoms with Gasteiger partial charge in [-0.05, 0) is 37.6 Å². The van der Waals surface area contributed by atoms with Crippen molar-refractivity contribution in [1.82, 2.24) is 15.1 Å². The molecular weight excluding hydrogens is 352 g/mol. The summed E-state index contributed by atoms with van der Waals surface area (Å²) in [6.07, 6.45) is 3.17. The molecule has 0 aliphatic carbocycles. The van der Waals surface area contributed by atoms with Crippen molar-refractivity contribution in [2.75, 3.05) is 50.7 Å². The summed E-state index contributed by atoms with van der Waals surface area (Å²) in [5.74, 6) is -0.0270. The smallest absolute Gasteiger partial charge is 0.243 e. The minimum atomic E-state index is -0.414. The molecule has 1 saturated heterocycles. The van der Waals surface area contributed by atoms with Crippen LogP contribution in [0.25, 0.3) is 0 Å². The minimum absolute atomic E-state index is 0.00931. The molecule has 0 aromatic heterocycles. The van der Waals surface area contributed by atoms with Crippen molar-refractivity contribution >= 4 is 17.5 Å². The van der Waals surface area contributed by atoms with Crippen LogP contribution in [0.15, 0.2) is 24.3 Å². The Balaban J connectivity index is 1.44. The fourth-order valence-corrected chi connectivity index (χ4v) is 4.26. The molecule has 1 aromatic carbocycles. The third-order valence-corrected chi connectivity index (χ3v) is 5.80. The zero-order valence-electron chi connectivity index (χ0n) is 17.3. The van der Waals surface area contributed by atoms with Crippen LogP contribution in [0.1, 0.15) is 38.7 Å². The van der Waals surface area contributed by atoms with Crippen molar-refractivity contribution in [3.8, 4) is 0 Å². The van der Waals surface area contributed by atoms with Crippen molar-refractivity contribution in [3.05, 3.63) is 29.8 Å². The average molecular weight is 387 g/mol. The second-order valence-corrected chi connectivity index (χ2v) is 7.79. The molecule has 2 amide bonds. The number of benzene rings is 1. The summed E-state index contributed by atoms with van der Waals surface area (Å²) in [4.78, 5) is 31.9. The number of carbonyl (C=O) groups is 2. The molecule has 0 bridgehead atoms. The van der Waals surface area contributed by atoms with Gasteiger partial charge < -0.3 is 15.1 Å². The predicted molar refractivity (Wildman–Crippen MR) is 113 cm³/mol. The van der Waals surface area contributed by atoms with Crippen LogP contribution in [0, 0.1) is 0 Å². The van der Waals surface area contributed by atoms with Crippen LogP contribution in [0.4, 0.5) is 5.69 Å². The summed E-state index contributed by atoms with van der Waals surface area (Å²) in [6.45, 7) is 11.5. The van der Waals surface area contributed by atoms with Crippen LogP contribution in [-0.2, 0) is 16.0 Å². The molecule has 1 atom stereocenters. The Morgan fingerprint density at radius 2 is 1.71 bits per heavy atom. The first kappa shape index (κ1) is 20.8. The molecular formula is C22H34N4O2. The highest BCUT2D eigenvalue weighted by Gasteiger charge is 2.37. The Morgan fingerprint density at radius 3 is 2.39 bits per heavy atom. The van der Waals surface area contributed by atoms with Gasteiger partial charge in [-0.2, -0.15) is 0 Å². The molecule has 28 heavy (non-hydrogen) atoms. The van der Waals surface area contributed by atoms with E-state index in [1.54, 1.807) is 4.90 Å². The summed E-state index contributed by atoms with van der Waals surface area (Å²) in [5, 5.41) is 3.07. The van der Waals surface area contributed by atoms with E-state index in [1.807, 2.05) is 31.2 Å². The lowest BCUT2D eigenvalue weighted by Crippen LogP contribution is -2.49. The van der Waals surface area contributed by atoms with Gasteiger partial charge in [-0.3, -0.25) is 14.5 Å². The zero-order valence-corrected chi connectivity index (χ0v) is 17.3. The van der Waals surface area contributed by atoms with Gasteiger partial charge in [-0.15, -0.1) is 0 Å². The van der Waals surface area contributed by atoms with Crippen LogP contribution >= 0.6 is 0 Å². The molecule has 2 aliphatic rings. The van der Waals surface area contributed by atoms with Gasteiger partial charge in [0.2, 0.25) is 11.8 Å². The normalized spacial score (nSPS) is 20.2. The standard InChI is InChI=1S/C22H34N4O2/c1-3-11-24-13-15-25(16-14-24)12-7-10-23-22(28)20-17-18-8-5-6-9-19(18)26(20)21(27)4-2/h5-6,8-9,20H,3-4,7,10-17H2,1-2H3,(H,23,28)/t20-/m0/s1. The highest BCUT2D eigenvalue weighted by Crippen LogP contribution is 2.32. The molecule has 0 radical (unpaired) electrons. The van der Waals surface area contributed by atoms with Gasteiger partial charge in [0.05, 0.1) is 0 Å². The fourth-order valence-electron chi connectivity index (χ4n) is 4.26. The summed E-state index contributed by atoms with van der Waals surface area (Å²) in [6, 6.07) is 7.43. The molecule has 154 valence electrons. The van der Waals surface area contributed by atoms with Crippen molar-refractivity contribution in [2.24, 2.45) is 0 Å². The van der Waals surface area contributed by atoms with E-state index < -0.39 is 6.04 Å². The summed E-state index contributed by atoms with van der Waals surface area (Å²) in [5.41, 5.74) is 1.97. The Hall–Kier alpha value is -1.92. The zero-order chi connectivity index (χ0) is 19.9. The molecule has 6 nitrogen and oxygen atoms in total. The number of piperazine rings is 1.